The molecule has 1 heterocycles. The largest absolute Gasteiger partial charge is 0.395 e. The Balaban J connectivity index is 2.64. The SMILES string of the molecule is Cc1nn(C)c(C)c1CNC(CO)CO. The lowest BCUT2D eigenvalue weighted by Gasteiger charge is -2.13. The van der Waals surface area contributed by atoms with E-state index in [-0.39, 0.29) is 19.3 Å². The molecule has 0 spiro atoms. The minimum Gasteiger partial charge on any atom is -0.395 e. The van der Waals surface area contributed by atoms with Crippen LogP contribution in [0.3, 0.4) is 0 Å². The summed E-state index contributed by atoms with van der Waals surface area (Å²) in [6.07, 6.45) is 0. The molecule has 0 radical (unpaired) electrons. The van der Waals surface area contributed by atoms with E-state index in [1.165, 1.54) is 0 Å². The first-order valence-electron chi connectivity index (χ1n) is 5.04. The van der Waals surface area contributed by atoms with Crippen molar-refractivity contribution >= 4 is 0 Å². The summed E-state index contributed by atoms with van der Waals surface area (Å²) in [4.78, 5) is 0. The number of nitrogens with zero attached hydrogens (tertiary/aromatic N) is 2. The highest BCUT2D eigenvalue weighted by Gasteiger charge is 2.11. The molecule has 0 aliphatic heterocycles. The van der Waals surface area contributed by atoms with Crippen LogP contribution >= 0.6 is 0 Å². The van der Waals surface area contributed by atoms with Crippen molar-refractivity contribution in [1.82, 2.24) is 15.1 Å². The molecule has 0 unspecified atom stereocenters. The summed E-state index contributed by atoms with van der Waals surface area (Å²) < 4.78 is 1.83. The Hall–Kier alpha value is -0.910. The third-order valence-corrected chi connectivity index (χ3v) is 2.67. The van der Waals surface area contributed by atoms with Gasteiger partial charge in [-0.25, -0.2) is 0 Å². The van der Waals surface area contributed by atoms with Crippen molar-refractivity contribution in [3.63, 3.8) is 0 Å². The van der Waals surface area contributed by atoms with Gasteiger partial charge in [-0.05, 0) is 13.8 Å². The molecular formula is C10H19N3O2. The predicted molar refractivity (Wildman–Crippen MR) is 57.5 cm³/mol. The summed E-state index contributed by atoms with van der Waals surface area (Å²) in [5.74, 6) is 0. The maximum Gasteiger partial charge on any atom is 0.0641 e. The molecule has 0 fully saturated rings. The Bertz CT molecular complexity index is 319. The van der Waals surface area contributed by atoms with E-state index in [9.17, 15) is 0 Å². The summed E-state index contributed by atoms with van der Waals surface area (Å²) in [6.45, 7) is 4.46. The lowest BCUT2D eigenvalue weighted by molar-refractivity contribution is 0.170. The van der Waals surface area contributed by atoms with E-state index in [0.29, 0.717) is 6.54 Å². The van der Waals surface area contributed by atoms with Gasteiger partial charge in [0.2, 0.25) is 0 Å². The van der Waals surface area contributed by atoms with Crippen LogP contribution in [0.2, 0.25) is 0 Å². The summed E-state index contributed by atoms with van der Waals surface area (Å²) in [5.41, 5.74) is 3.22. The van der Waals surface area contributed by atoms with Gasteiger partial charge >= 0.3 is 0 Å². The molecule has 1 aromatic heterocycles. The summed E-state index contributed by atoms with van der Waals surface area (Å²) in [6, 6.07) is -0.260. The van der Waals surface area contributed by atoms with Gasteiger partial charge in [0.15, 0.2) is 0 Å². The number of hydrogen-bond acceptors (Lipinski definition) is 4. The number of rotatable bonds is 5. The first-order chi connectivity index (χ1) is 7.10. The number of hydrogen-bond donors (Lipinski definition) is 3. The molecule has 1 rings (SSSR count). The van der Waals surface area contributed by atoms with Gasteiger partial charge in [0.25, 0.3) is 0 Å². The molecule has 0 saturated carbocycles. The van der Waals surface area contributed by atoms with Crippen LogP contribution in [0, 0.1) is 13.8 Å². The Labute approximate surface area is 89.7 Å². The highest BCUT2D eigenvalue weighted by atomic mass is 16.3. The van der Waals surface area contributed by atoms with Gasteiger partial charge in [-0.3, -0.25) is 4.68 Å². The number of aliphatic hydroxyl groups excluding tert-OH is 2. The monoisotopic (exact) mass is 213 g/mol. The third-order valence-electron chi connectivity index (χ3n) is 2.67. The van der Waals surface area contributed by atoms with Gasteiger partial charge in [0, 0.05) is 24.8 Å². The zero-order valence-corrected chi connectivity index (χ0v) is 9.49. The minimum atomic E-state index is -0.260. The third kappa shape index (κ3) is 2.77. The number of nitrogens with one attached hydrogen (secondary N) is 1. The Morgan fingerprint density at radius 3 is 2.33 bits per heavy atom. The summed E-state index contributed by atoms with van der Waals surface area (Å²) in [5, 5.41) is 25.2. The first-order valence-corrected chi connectivity index (χ1v) is 5.04. The molecule has 5 heteroatoms. The van der Waals surface area contributed by atoms with Crippen molar-refractivity contribution in [1.29, 1.82) is 0 Å². The lowest BCUT2D eigenvalue weighted by Crippen LogP contribution is -2.35. The fraction of sp³-hybridized carbons (Fsp3) is 0.700. The van der Waals surface area contributed by atoms with Crippen molar-refractivity contribution < 1.29 is 10.2 Å². The molecule has 15 heavy (non-hydrogen) atoms. The molecule has 0 aliphatic carbocycles. The van der Waals surface area contributed by atoms with Crippen molar-refractivity contribution in [2.45, 2.75) is 26.4 Å². The highest BCUT2D eigenvalue weighted by Crippen LogP contribution is 2.11. The van der Waals surface area contributed by atoms with Crippen molar-refractivity contribution in [3.8, 4) is 0 Å². The highest BCUT2D eigenvalue weighted by molar-refractivity contribution is 5.24. The number of aryl methyl sites for hydroxylation is 2. The van der Waals surface area contributed by atoms with Gasteiger partial charge < -0.3 is 15.5 Å². The molecule has 0 bridgehead atoms. The zero-order valence-electron chi connectivity index (χ0n) is 9.49. The molecule has 5 nitrogen and oxygen atoms in total. The van der Waals surface area contributed by atoms with Crippen molar-refractivity contribution in [3.05, 3.63) is 17.0 Å². The first kappa shape index (κ1) is 12.2. The molecule has 0 aromatic carbocycles. The van der Waals surface area contributed by atoms with Crippen LogP contribution in [0.5, 0.6) is 0 Å². The molecule has 0 amide bonds. The number of aromatic nitrogens is 2. The van der Waals surface area contributed by atoms with Crippen LogP contribution < -0.4 is 5.32 Å². The van der Waals surface area contributed by atoms with E-state index in [0.717, 1.165) is 17.0 Å². The molecular weight excluding hydrogens is 194 g/mol. The van der Waals surface area contributed by atoms with E-state index in [4.69, 9.17) is 10.2 Å². The Morgan fingerprint density at radius 2 is 1.93 bits per heavy atom. The fourth-order valence-electron chi connectivity index (χ4n) is 1.51. The minimum absolute atomic E-state index is 0.0607. The molecule has 3 N–H and O–H groups in total. The van der Waals surface area contributed by atoms with Gasteiger partial charge in [0.05, 0.1) is 24.9 Å². The fourth-order valence-corrected chi connectivity index (χ4v) is 1.51. The van der Waals surface area contributed by atoms with Crippen LogP contribution in [0.25, 0.3) is 0 Å². The van der Waals surface area contributed by atoms with Crippen LogP contribution in [0.1, 0.15) is 17.0 Å². The second-order valence-corrected chi connectivity index (χ2v) is 3.72. The van der Waals surface area contributed by atoms with E-state index in [1.54, 1.807) is 0 Å². The lowest BCUT2D eigenvalue weighted by atomic mass is 10.2. The Kier molecular flexibility index (Phi) is 4.26. The van der Waals surface area contributed by atoms with Crippen molar-refractivity contribution in [2.24, 2.45) is 7.05 Å². The second-order valence-electron chi connectivity index (χ2n) is 3.72. The van der Waals surface area contributed by atoms with E-state index >= 15 is 0 Å². The molecule has 86 valence electrons. The predicted octanol–water partition coefficient (Wildman–Crippen LogP) is -0.520. The van der Waals surface area contributed by atoms with E-state index in [2.05, 4.69) is 10.4 Å². The quantitative estimate of drug-likeness (QED) is 0.615. The maximum absolute atomic E-state index is 8.90. The van der Waals surface area contributed by atoms with Gasteiger partial charge in [0.1, 0.15) is 0 Å². The van der Waals surface area contributed by atoms with Gasteiger partial charge in [-0.15, -0.1) is 0 Å². The average molecular weight is 213 g/mol. The molecule has 1 aromatic rings. The van der Waals surface area contributed by atoms with Crippen LogP contribution in [-0.4, -0.2) is 39.2 Å². The number of aliphatic hydroxyl groups is 2. The Morgan fingerprint density at radius 1 is 1.33 bits per heavy atom. The maximum atomic E-state index is 8.90. The topological polar surface area (TPSA) is 70.3 Å². The van der Waals surface area contributed by atoms with E-state index in [1.807, 2.05) is 25.6 Å². The summed E-state index contributed by atoms with van der Waals surface area (Å²) in [7, 11) is 1.90. The van der Waals surface area contributed by atoms with Crippen LogP contribution in [0.4, 0.5) is 0 Å². The molecule has 0 saturated heterocycles. The van der Waals surface area contributed by atoms with Crippen LogP contribution in [-0.2, 0) is 13.6 Å². The summed E-state index contributed by atoms with van der Waals surface area (Å²) >= 11 is 0. The van der Waals surface area contributed by atoms with Gasteiger partial charge in [-0.2, -0.15) is 5.10 Å². The van der Waals surface area contributed by atoms with Crippen LogP contribution in [0.15, 0.2) is 0 Å². The van der Waals surface area contributed by atoms with Gasteiger partial charge in [-0.1, -0.05) is 0 Å². The smallest absolute Gasteiger partial charge is 0.0641 e. The van der Waals surface area contributed by atoms with E-state index < -0.39 is 0 Å². The van der Waals surface area contributed by atoms with Crippen molar-refractivity contribution in [2.75, 3.05) is 13.2 Å². The average Bonchev–Trinajstić information content (AvgIpc) is 2.45. The second kappa shape index (κ2) is 5.25. The molecule has 0 atom stereocenters. The molecule has 0 aliphatic rings. The normalized spacial score (nSPS) is 11.3. The zero-order chi connectivity index (χ0) is 11.4. The standard InChI is InChI=1S/C10H19N3O2/c1-7-10(8(2)13(3)12-7)4-11-9(5-14)6-15/h9,11,14-15H,4-6H2,1-3H3.